The summed E-state index contributed by atoms with van der Waals surface area (Å²) in [6.07, 6.45) is 5.41. The molecule has 2 bridgehead atoms. The number of pyridine rings is 1. The van der Waals surface area contributed by atoms with Crippen molar-refractivity contribution >= 4 is 11.3 Å². The molecule has 2 atom stereocenters. The van der Waals surface area contributed by atoms with Gasteiger partial charge in [0.1, 0.15) is 0 Å². The number of likely N-dealkylation sites (tertiary alicyclic amines) is 1. The molecular weight excluding hydrogens is 366 g/mol. The molecule has 1 aliphatic carbocycles. The largest absolute Gasteiger partial charge is 0.312 e. The molecule has 0 amide bonds. The summed E-state index contributed by atoms with van der Waals surface area (Å²) in [7, 11) is 2.12. The number of hydrogen-bond donors (Lipinski definition) is 0. The minimum absolute atomic E-state index is 0.249. The zero-order chi connectivity index (χ0) is 19.3. The van der Waals surface area contributed by atoms with Crippen molar-refractivity contribution in [3.8, 4) is 0 Å². The van der Waals surface area contributed by atoms with Crippen LogP contribution in [0.4, 0.5) is 0 Å². The fraction of sp³-hybridized carbons (Fsp3) is 0.609. The van der Waals surface area contributed by atoms with Crippen LogP contribution in [-0.4, -0.2) is 40.5 Å². The van der Waals surface area contributed by atoms with E-state index in [1.807, 2.05) is 0 Å². The smallest absolute Gasteiger partial charge is 0.255 e. The summed E-state index contributed by atoms with van der Waals surface area (Å²) in [5.41, 5.74) is 3.82. The van der Waals surface area contributed by atoms with E-state index in [2.05, 4.69) is 51.9 Å². The van der Waals surface area contributed by atoms with Gasteiger partial charge in [0.2, 0.25) is 0 Å². The van der Waals surface area contributed by atoms with Gasteiger partial charge < -0.3 is 4.57 Å². The molecule has 0 radical (unpaired) electrons. The molecule has 4 nitrogen and oxygen atoms in total. The predicted octanol–water partition coefficient (Wildman–Crippen LogP) is 3.82. The molecule has 2 aromatic rings. The van der Waals surface area contributed by atoms with E-state index in [1.165, 1.54) is 48.4 Å². The summed E-state index contributed by atoms with van der Waals surface area (Å²) < 4.78 is 2.12. The first kappa shape index (κ1) is 18.6. The molecule has 150 valence electrons. The molecule has 1 saturated carbocycles. The molecule has 2 aromatic heterocycles. The highest BCUT2D eigenvalue weighted by atomic mass is 32.1. The van der Waals surface area contributed by atoms with Gasteiger partial charge in [0, 0.05) is 60.8 Å². The van der Waals surface area contributed by atoms with Crippen LogP contribution in [0.2, 0.25) is 0 Å². The quantitative estimate of drug-likeness (QED) is 0.768. The first-order chi connectivity index (χ1) is 13.6. The molecule has 0 N–H and O–H groups in total. The van der Waals surface area contributed by atoms with Gasteiger partial charge in [-0.2, -0.15) is 0 Å². The number of rotatable bonds is 5. The van der Waals surface area contributed by atoms with Gasteiger partial charge in [0.25, 0.3) is 5.56 Å². The topological polar surface area (TPSA) is 28.5 Å². The molecule has 5 rings (SSSR count). The first-order valence-corrected chi connectivity index (χ1v) is 11.6. The van der Waals surface area contributed by atoms with E-state index in [-0.39, 0.29) is 5.56 Å². The lowest BCUT2D eigenvalue weighted by Gasteiger charge is -2.48. The van der Waals surface area contributed by atoms with E-state index in [1.54, 1.807) is 11.3 Å². The zero-order valence-corrected chi connectivity index (χ0v) is 17.9. The highest BCUT2D eigenvalue weighted by Crippen LogP contribution is 2.38. The molecule has 2 aliphatic heterocycles. The van der Waals surface area contributed by atoms with E-state index in [9.17, 15) is 4.79 Å². The third kappa shape index (κ3) is 3.38. The number of thiophene rings is 1. The van der Waals surface area contributed by atoms with Crippen LogP contribution in [0.25, 0.3) is 0 Å². The number of aryl methyl sites for hydroxylation is 1. The van der Waals surface area contributed by atoms with Crippen LogP contribution in [0.3, 0.4) is 0 Å². The van der Waals surface area contributed by atoms with Crippen molar-refractivity contribution in [1.29, 1.82) is 0 Å². The Morgan fingerprint density at radius 1 is 1.14 bits per heavy atom. The Hall–Kier alpha value is -1.43. The van der Waals surface area contributed by atoms with E-state index < -0.39 is 0 Å². The average Bonchev–Trinajstić information content (AvgIpc) is 3.01. The van der Waals surface area contributed by atoms with Gasteiger partial charge in [-0.1, -0.05) is 12.5 Å². The fourth-order valence-electron chi connectivity index (χ4n) is 5.36. The summed E-state index contributed by atoms with van der Waals surface area (Å²) >= 11 is 1.81. The van der Waals surface area contributed by atoms with Crippen molar-refractivity contribution in [3.05, 3.63) is 55.6 Å². The van der Waals surface area contributed by atoms with Gasteiger partial charge in [-0.3, -0.25) is 14.6 Å². The highest BCUT2D eigenvalue weighted by molar-refractivity contribution is 7.10. The van der Waals surface area contributed by atoms with Gasteiger partial charge >= 0.3 is 0 Å². The van der Waals surface area contributed by atoms with E-state index in [4.69, 9.17) is 0 Å². The molecule has 0 unspecified atom stereocenters. The maximum absolute atomic E-state index is 13.3. The van der Waals surface area contributed by atoms with Crippen molar-refractivity contribution in [2.45, 2.75) is 64.2 Å². The third-order valence-corrected chi connectivity index (χ3v) is 8.13. The number of nitrogens with zero attached hydrogens (tertiary/aromatic N) is 3. The first-order valence-electron chi connectivity index (χ1n) is 10.8. The summed E-state index contributed by atoms with van der Waals surface area (Å²) in [6.45, 7) is 7.05. The van der Waals surface area contributed by atoms with Crippen LogP contribution in [-0.2, 0) is 19.6 Å². The third-order valence-electron chi connectivity index (χ3n) is 7.12. The van der Waals surface area contributed by atoms with Gasteiger partial charge in [0.05, 0.1) is 0 Å². The molecule has 2 fully saturated rings. The fourth-order valence-corrected chi connectivity index (χ4v) is 6.34. The van der Waals surface area contributed by atoms with E-state index in [0.717, 1.165) is 37.8 Å². The second-order valence-electron chi connectivity index (χ2n) is 9.24. The SMILES string of the molecule is Cc1ccsc1CN(C)Cc1ccc2n(c1=O)C[C@H]1C[C@@H]2CN(C2CCC2)C1. The van der Waals surface area contributed by atoms with Crippen molar-refractivity contribution < 1.29 is 0 Å². The Morgan fingerprint density at radius 3 is 2.71 bits per heavy atom. The Labute approximate surface area is 171 Å². The normalized spacial score (nSPS) is 25.0. The molecule has 0 aromatic carbocycles. The lowest BCUT2D eigenvalue weighted by molar-refractivity contribution is 0.0475. The van der Waals surface area contributed by atoms with Crippen LogP contribution in [0.5, 0.6) is 0 Å². The number of hydrogen-bond acceptors (Lipinski definition) is 4. The minimum Gasteiger partial charge on any atom is -0.312 e. The van der Waals surface area contributed by atoms with Crippen LogP contribution >= 0.6 is 11.3 Å². The summed E-state index contributed by atoms with van der Waals surface area (Å²) in [4.78, 5) is 19.6. The summed E-state index contributed by atoms with van der Waals surface area (Å²) in [5.74, 6) is 1.19. The van der Waals surface area contributed by atoms with Crippen LogP contribution in [0.15, 0.2) is 28.4 Å². The minimum atomic E-state index is 0.249. The number of fused-ring (bicyclic) bond motifs is 4. The van der Waals surface area contributed by atoms with Crippen LogP contribution in [0, 0.1) is 12.8 Å². The molecule has 4 heterocycles. The monoisotopic (exact) mass is 397 g/mol. The van der Waals surface area contributed by atoms with Gasteiger partial charge in [0.15, 0.2) is 0 Å². The van der Waals surface area contributed by atoms with Crippen molar-refractivity contribution in [2.24, 2.45) is 5.92 Å². The average molecular weight is 398 g/mol. The standard InChI is InChI=1S/C23H31N3OS/c1-16-8-9-28-22(16)15-24(2)13-18-6-7-21-19-10-17(12-26(21)23(18)27)11-25(14-19)20-4-3-5-20/h6-9,17,19-20H,3-5,10-15H2,1-2H3/t17-,19+/m0/s1. The van der Waals surface area contributed by atoms with Gasteiger partial charge in [-0.05, 0) is 62.2 Å². The van der Waals surface area contributed by atoms with Crippen molar-refractivity contribution in [2.75, 3.05) is 20.1 Å². The Kier molecular flexibility index (Phi) is 4.93. The molecule has 5 heteroatoms. The van der Waals surface area contributed by atoms with Gasteiger partial charge in [-0.15, -0.1) is 11.3 Å². The summed E-state index contributed by atoms with van der Waals surface area (Å²) in [5, 5.41) is 2.15. The lowest BCUT2D eigenvalue weighted by Crippen LogP contribution is -2.52. The van der Waals surface area contributed by atoms with E-state index >= 15 is 0 Å². The second kappa shape index (κ2) is 7.43. The van der Waals surface area contributed by atoms with Gasteiger partial charge in [-0.25, -0.2) is 0 Å². The van der Waals surface area contributed by atoms with E-state index in [0.29, 0.717) is 11.8 Å². The molecule has 3 aliphatic rings. The maximum Gasteiger partial charge on any atom is 0.255 e. The summed E-state index contributed by atoms with van der Waals surface area (Å²) in [6, 6.07) is 7.35. The van der Waals surface area contributed by atoms with Crippen LogP contribution in [0.1, 0.15) is 53.3 Å². The van der Waals surface area contributed by atoms with Crippen LogP contribution < -0.4 is 5.56 Å². The highest BCUT2D eigenvalue weighted by Gasteiger charge is 2.38. The molecular formula is C23H31N3OS. The van der Waals surface area contributed by atoms with Crippen molar-refractivity contribution in [1.82, 2.24) is 14.4 Å². The Bertz CT molecular complexity index is 913. The molecule has 1 saturated heterocycles. The Morgan fingerprint density at radius 2 is 2.00 bits per heavy atom. The Balaban J connectivity index is 1.34. The lowest BCUT2D eigenvalue weighted by atomic mass is 9.80. The maximum atomic E-state index is 13.3. The molecule has 28 heavy (non-hydrogen) atoms. The molecule has 0 spiro atoms. The zero-order valence-electron chi connectivity index (χ0n) is 17.1. The van der Waals surface area contributed by atoms with Crippen molar-refractivity contribution in [3.63, 3.8) is 0 Å². The number of piperidine rings is 1. The number of aromatic nitrogens is 1. The second-order valence-corrected chi connectivity index (χ2v) is 10.2. The predicted molar refractivity (Wildman–Crippen MR) is 115 cm³/mol.